The van der Waals surface area contributed by atoms with Crippen LogP contribution in [0, 0.1) is 6.92 Å². The second-order valence-corrected chi connectivity index (χ2v) is 3.75. The van der Waals surface area contributed by atoms with Gasteiger partial charge in [0.15, 0.2) is 0 Å². The van der Waals surface area contributed by atoms with Crippen LogP contribution in [0.1, 0.15) is 11.1 Å². The molecular weight excluding hydrogens is 200 g/mol. The number of rotatable bonds is 5. The van der Waals surface area contributed by atoms with Gasteiger partial charge >= 0.3 is 0 Å². The molecule has 86 valence electrons. The van der Waals surface area contributed by atoms with E-state index in [0.717, 1.165) is 5.56 Å². The molecule has 0 aliphatic heterocycles. The predicted octanol–water partition coefficient (Wildman–Crippen LogP) is 1.47. The monoisotopic (exact) mass is 218 g/mol. The van der Waals surface area contributed by atoms with Crippen LogP contribution in [0.15, 0.2) is 36.9 Å². The van der Waals surface area contributed by atoms with Gasteiger partial charge in [0.1, 0.15) is 0 Å². The smallest absolute Gasteiger partial charge is 0.236 e. The lowest BCUT2D eigenvalue weighted by atomic mass is 10.1. The Morgan fingerprint density at radius 1 is 1.44 bits per heavy atom. The second kappa shape index (κ2) is 6.08. The fourth-order valence-electron chi connectivity index (χ4n) is 1.45. The maximum Gasteiger partial charge on any atom is 0.236 e. The van der Waals surface area contributed by atoms with E-state index in [1.807, 2.05) is 31.2 Å². The Labute approximate surface area is 96.6 Å². The Bertz CT molecular complexity index is 357. The first kappa shape index (κ1) is 12.5. The quantitative estimate of drug-likeness (QED) is 0.761. The van der Waals surface area contributed by atoms with Crippen molar-refractivity contribution < 1.29 is 4.79 Å². The first-order chi connectivity index (χ1) is 7.67. The SMILES string of the molecule is C=CCN(Cc1ccc(C)cc1)C(=O)CN. The molecule has 16 heavy (non-hydrogen) atoms. The molecule has 0 saturated carbocycles. The molecular formula is C13H18N2O. The van der Waals surface area contributed by atoms with Crippen LogP contribution in [0.3, 0.4) is 0 Å². The predicted molar refractivity (Wildman–Crippen MR) is 65.8 cm³/mol. The number of aryl methyl sites for hydroxylation is 1. The van der Waals surface area contributed by atoms with Crippen molar-refractivity contribution in [3.63, 3.8) is 0 Å². The van der Waals surface area contributed by atoms with E-state index >= 15 is 0 Å². The molecule has 1 aromatic rings. The molecule has 0 fully saturated rings. The molecule has 1 rings (SSSR count). The highest BCUT2D eigenvalue weighted by molar-refractivity contribution is 5.78. The zero-order valence-electron chi connectivity index (χ0n) is 9.65. The summed E-state index contributed by atoms with van der Waals surface area (Å²) in [5, 5.41) is 0. The minimum atomic E-state index is -0.0551. The highest BCUT2D eigenvalue weighted by Crippen LogP contribution is 2.07. The summed E-state index contributed by atoms with van der Waals surface area (Å²) in [5.74, 6) is -0.0551. The third kappa shape index (κ3) is 3.51. The van der Waals surface area contributed by atoms with E-state index in [-0.39, 0.29) is 12.5 Å². The molecule has 0 aliphatic rings. The maximum absolute atomic E-state index is 11.5. The zero-order chi connectivity index (χ0) is 12.0. The van der Waals surface area contributed by atoms with E-state index in [4.69, 9.17) is 5.73 Å². The summed E-state index contributed by atoms with van der Waals surface area (Å²) >= 11 is 0. The average Bonchev–Trinajstić information content (AvgIpc) is 2.30. The van der Waals surface area contributed by atoms with Crippen LogP contribution in [0.25, 0.3) is 0 Å². The topological polar surface area (TPSA) is 46.3 Å². The number of hydrogen-bond acceptors (Lipinski definition) is 2. The highest BCUT2D eigenvalue weighted by atomic mass is 16.2. The lowest BCUT2D eigenvalue weighted by Crippen LogP contribution is -2.35. The number of carbonyl (C=O) groups is 1. The van der Waals surface area contributed by atoms with Crippen molar-refractivity contribution in [2.24, 2.45) is 5.73 Å². The minimum absolute atomic E-state index is 0.0414. The number of nitrogens with two attached hydrogens (primary N) is 1. The highest BCUT2D eigenvalue weighted by Gasteiger charge is 2.10. The average molecular weight is 218 g/mol. The molecule has 0 unspecified atom stereocenters. The zero-order valence-corrected chi connectivity index (χ0v) is 9.65. The van der Waals surface area contributed by atoms with Crippen molar-refractivity contribution in [3.05, 3.63) is 48.0 Å². The van der Waals surface area contributed by atoms with Crippen LogP contribution in [-0.2, 0) is 11.3 Å². The molecule has 0 saturated heterocycles. The Kier molecular flexibility index (Phi) is 4.73. The normalized spacial score (nSPS) is 9.88. The lowest BCUT2D eigenvalue weighted by Gasteiger charge is -2.20. The maximum atomic E-state index is 11.5. The van der Waals surface area contributed by atoms with E-state index in [1.54, 1.807) is 11.0 Å². The molecule has 0 spiro atoms. The third-order valence-electron chi connectivity index (χ3n) is 2.37. The molecule has 3 heteroatoms. The Hall–Kier alpha value is -1.61. The van der Waals surface area contributed by atoms with Gasteiger partial charge in [-0.25, -0.2) is 0 Å². The van der Waals surface area contributed by atoms with Gasteiger partial charge in [-0.05, 0) is 12.5 Å². The molecule has 1 aromatic carbocycles. The van der Waals surface area contributed by atoms with Gasteiger partial charge in [-0.3, -0.25) is 4.79 Å². The molecule has 1 amide bonds. The van der Waals surface area contributed by atoms with Crippen molar-refractivity contribution in [2.75, 3.05) is 13.1 Å². The summed E-state index contributed by atoms with van der Waals surface area (Å²) in [6, 6.07) is 8.12. The van der Waals surface area contributed by atoms with Crippen LogP contribution in [0.2, 0.25) is 0 Å². The number of nitrogens with zero attached hydrogens (tertiary/aromatic N) is 1. The number of benzene rings is 1. The van der Waals surface area contributed by atoms with Gasteiger partial charge in [-0.2, -0.15) is 0 Å². The van der Waals surface area contributed by atoms with Gasteiger partial charge in [0, 0.05) is 13.1 Å². The van der Waals surface area contributed by atoms with Gasteiger partial charge < -0.3 is 10.6 Å². The summed E-state index contributed by atoms with van der Waals surface area (Å²) in [6.07, 6.45) is 1.71. The largest absolute Gasteiger partial charge is 0.334 e. The van der Waals surface area contributed by atoms with E-state index in [0.29, 0.717) is 13.1 Å². The molecule has 0 aliphatic carbocycles. The van der Waals surface area contributed by atoms with Crippen molar-refractivity contribution >= 4 is 5.91 Å². The van der Waals surface area contributed by atoms with Crippen LogP contribution in [0.5, 0.6) is 0 Å². The van der Waals surface area contributed by atoms with Gasteiger partial charge in [-0.15, -0.1) is 6.58 Å². The summed E-state index contributed by atoms with van der Waals surface area (Å²) < 4.78 is 0. The van der Waals surface area contributed by atoms with Crippen molar-refractivity contribution in [3.8, 4) is 0 Å². The number of carbonyl (C=O) groups excluding carboxylic acids is 1. The van der Waals surface area contributed by atoms with Gasteiger partial charge in [0.05, 0.1) is 6.54 Å². The second-order valence-electron chi connectivity index (χ2n) is 3.75. The van der Waals surface area contributed by atoms with E-state index in [9.17, 15) is 4.79 Å². The van der Waals surface area contributed by atoms with Gasteiger partial charge in [0.2, 0.25) is 5.91 Å². The Morgan fingerprint density at radius 2 is 2.06 bits per heavy atom. The molecule has 0 atom stereocenters. The third-order valence-corrected chi connectivity index (χ3v) is 2.37. The van der Waals surface area contributed by atoms with Gasteiger partial charge in [-0.1, -0.05) is 35.9 Å². The number of hydrogen-bond donors (Lipinski definition) is 1. The summed E-state index contributed by atoms with van der Waals surface area (Å²) in [7, 11) is 0. The van der Waals surface area contributed by atoms with E-state index in [2.05, 4.69) is 6.58 Å². The fourth-order valence-corrected chi connectivity index (χ4v) is 1.45. The molecule has 0 heterocycles. The lowest BCUT2D eigenvalue weighted by molar-refractivity contribution is -0.129. The molecule has 2 N–H and O–H groups in total. The van der Waals surface area contributed by atoms with Crippen LogP contribution in [0.4, 0.5) is 0 Å². The standard InChI is InChI=1S/C13H18N2O/c1-3-8-15(13(16)9-14)10-12-6-4-11(2)5-7-12/h3-7H,1,8-10,14H2,2H3. The molecule has 0 bridgehead atoms. The fraction of sp³-hybridized carbons (Fsp3) is 0.308. The molecule has 3 nitrogen and oxygen atoms in total. The first-order valence-corrected chi connectivity index (χ1v) is 5.31. The molecule has 0 aromatic heterocycles. The Morgan fingerprint density at radius 3 is 2.56 bits per heavy atom. The summed E-state index contributed by atoms with van der Waals surface area (Å²) in [6.45, 7) is 6.83. The number of amides is 1. The first-order valence-electron chi connectivity index (χ1n) is 5.31. The van der Waals surface area contributed by atoms with E-state index < -0.39 is 0 Å². The van der Waals surface area contributed by atoms with Crippen molar-refractivity contribution in [2.45, 2.75) is 13.5 Å². The van der Waals surface area contributed by atoms with Crippen LogP contribution >= 0.6 is 0 Å². The van der Waals surface area contributed by atoms with Crippen LogP contribution in [-0.4, -0.2) is 23.9 Å². The van der Waals surface area contributed by atoms with Gasteiger partial charge in [0.25, 0.3) is 0 Å². The summed E-state index contributed by atoms with van der Waals surface area (Å²) in [4.78, 5) is 13.2. The van der Waals surface area contributed by atoms with Crippen molar-refractivity contribution in [1.29, 1.82) is 0 Å². The summed E-state index contributed by atoms with van der Waals surface area (Å²) in [5.41, 5.74) is 7.67. The van der Waals surface area contributed by atoms with E-state index in [1.165, 1.54) is 5.56 Å². The Balaban J connectivity index is 2.71. The van der Waals surface area contributed by atoms with Crippen molar-refractivity contribution in [1.82, 2.24) is 4.90 Å². The minimum Gasteiger partial charge on any atom is -0.334 e. The molecule has 0 radical (unpaired) electrons. The van der Waals surface area contributed by atoms with Crippen LogP contribution < -0.4 is 5.73 Å².